The van der Waals surface area contributed by atoms with Gasteiger partial charge >= 0.3 is 0 Å². The van der Waals surface area contributed by atoms with Crippen molar-refractivity contribution in [1.29, 1.82) is 0 Å². The molecule has 0 aliphatic carbocycles. The molecule has 2 amide bonds. The van der Waals surface area contributed by atoms with Crippen LogP contribution in [-0.4, -0.2) is 52.8 Å². The predicted octanol–water partition coefficient (Wildman–Crippen LogP) is 4.00. The van der Waals surface area contributed by atoms with Crippen molar-refractivity contribution < 1.29 is 14.3 Å². The van der Waals surface area contributed by atoms with Crippen molar-refractivity contribution in [2.75, 3.05) is 26.2 Å². The minimum atomic E-state index is -0.0798. The van der Waals surface area contributed by atoms with E-state index in [2.05, 4.69) is 30.1 Å². The lowest BCUT2D eigenvalue weighted by Gasteiger charge is -2.33. The Balaban J connectivity index is 1.36. The van der Waals surface area contributed by atoms with Crippen LogP contribution >= 0.6 is 11.3 Å². The van der Waals surface area contributed by atoms with Crippen LogP contribution in [0.4, 0.5) is 0 Å². The Morgan fingerprint density at radius 1 is 1.03 bits per heavy atom. The van der Waals surface area contributed by atoms with Gasteiger partial charge in [0.1, 0.15) is 23.1 Å². The summed E-state index contributed by atoms with van der Waals surface area (Å²) in [6, 6.07) is 16.0. The normalized spacial score (nSPS) is 13.9. The molecule has 1 fully saturated rings. The van der Waals surface area contributed by atoms with Crippen LogP contribution in [0, 0.1) is 6.92 Å². The van der Waals surface area contributed by atoms with Gasteiger partial charge in [0.25, 0.3) is 5.91 Å². The second-order valence-corrected chi connectivity index (χ2v) is 8.50. The summed E-state index contributed by atoms with van der Waals surface area (Å²) < 4.78 is 5.88. The van der Waals surface area contributed by atoms with Crippen molar-refractivity contribution in [3.05, 3.63) is 70.7 Å². The van der Waals surface area contributed by atoms with Crippen molar-refractivity contribution in [1.82, 2.24) is 14.8 Å². The monoisotopic (exact) mass is 435 g/mol. The van der Waals surface area contributed by atoms with E-state index in [1.807, 2.05) is 30.3 Å². The van der Waals surface area contributed by atoms with Gasteiger partial charge in [-0.1, -0.05) is 29.8 Å². The third-order valence-corrected chi connectivity index (χ3v) is 6.22. The number of ether oxygens (including phenoxy) is 1. The summed E-state index contributed by atoms with van der Waals surface area (Å²) in [5.74, 6) is 0.764. The highest BCUT2D eigenvalue weighted by Gasteiger charge is 2.24. The van der Waals surface area contributed by atoms with E-state index in [0.29, 0.717) is 38.5 Å². The number of piperazine rings is 1. The molecule has 160 valence electrons. The van der Waals surface area contributed by atoms with Gasteiger partial charge in [0.05, 0.1) is 0 Å². The Kier molecular flexibility index (Phi) is 6.32. The molecule has 1 aliphatic rings. The number of hydrogen-bond donors (Lipinski definition) is 0. The van der Waals surface area contributed by atoms with Crippen LogP contribution in [0.3, 0.4) is 0 Å². The molecule has 6 nitrogen and oxygen atoms in total. The first-order valence-electron chi connectivity index (χ1n) is 10.3. The van der Waals surface area contributed by atoms with Crippen molar-refractivity contribution >= 4 is 23.2 Å². The zero-order valence-electron chi connectivity index (χ0n) is 17.7. The van der Waals surface area contributed by atoms with E-state index in [-0.39, 0.29) is 11.8 Å². The highest BCUT2D eigenvalue weighted by Crippen LogP contribution is 2.27. The summed E-state index contributed by atoms with van der Waals surface area (Å²) in [5, 5.41) is 2.60. The van der Waals surface area contributed by atoms with Gasteiger partial charge in [0.2, 0.25) is 5.91 Å². The number of benzene rings is 2. The second kappa shape index (κ2) is 9.31. The number of carbonyl (C=O) groups excluding carboxylic acids is 2. The summed E-state index contributed by atoms with van der Waals surface area (Å²) in [7, 11) is 0. The van der Waals surface area contributed by atoms with E-state index < -0.39 is 0 Å². The molecule has 2 heterocycles. The Bertz CT molecular complexity index is 1070. The molecule has 0 spiro atoms. The molecule has 1 saturated heterocycles. The second-order valence-electron chi connectivity index (χ2n) is 7.64. The van der Waals surface area contributed by atoms with Crippen LogP contribution < -0.4 is 4.74 Å². The molecule has 2 aromatic carbocycles. The van der Waals surface area contributed by atoms with Crippen LogP contribution in [0.25, 0.3) is 10.6 Å². The lowest BCUT2D eigenvalue weighted by molar-refractivity contribution is -0.130. The van der Waals surface area contributed by atoms with E-state index in [4.69, 9.17) is 4.74 Å². The van der Waals surface area contributed by atoms with Crippen LogP contribution in [0.5, 0.6) is 5.75 Å². The molecule has 1 aliphatic heterocycles. The maximum atomic E-state index is 12.8. The SMILES string of the molecule is CC(=O)N1CCN(C(=O)c2csc(-c3ccc(OCc4cccc(C)c4)cc3)n2)CC1. The smallest absolute Gasteiger partial charge is 0.273 e. The molecule has 0 bridgehead atoms. The van der Waals surface area contributed by atoms with Gasteiger partial charge in [0.15, 0.2) is 0 Å². The average Bonchev–Trinajstić information content (AvgIpc) is 3.28. The van der Waals surface area contributed by atoms with E-state index in [1.54, 1.807) is 22.1 Å². The predicted molar refractivity (Wildman–Crippen MR) is 121 cm³/mol. The van der Waals surface area contributed by atoms with Crippen molar-refractivity contribution in [3.8, 4) is 16.3 Å². The Labute approximate surface area is 186 Å². The zero-order valence-corrected chi connectivity index (χ0v) is 18.5. The van der Waals surface area contributed by atoms with Crippen molar-refractivity contribution in [2.45, 2.75) is 20.5 Å². The number of hydrogen-bond acceptors (Lipinski definition) is 5. The molecule has 1 aromatic heterocycles. The molecular weight excluding hydrogens is 410 g/mol. The van der Waals surface area contributed by atoms with Gasteiger partial charge in [-0.3, -0.25) is 9.59 Å². The fourth-order valence-electron chi connectivity index (χ4n) is 3.55. The lowest BCUT2D eigenvalue weighted by Crippen LogP contribution is -2.50. The van der Waals surface area contributed by atoms with Gasteiger partial charge in [-0.2, -0.15) is 0 Å². The highest BCUT2D eigenvalue weighted by atomic mass is 32.1. The Morgan fingerprint density at radius 2 is 1.74 bits per heavy atom. The van der Waals surface area contributed by atoms with E-state index in [9.17, 15) is 9.59 Å². The van der Waals surface area contributed by atoms with Gasteiger partial charge in [-0.15, -0.1) is 11.3 Å². The topological polar surface area (TPSA) is 62.7 Å². The molecule has 31 heavy (non-hydrogen) atoms. The van der Waals surface area contributed by atoms with E-state index in [0.717, 1.165) is 21.9 Å². The number of nitrogens with zero attached hydrogens (tertiary/aromatic N) is 3. The maximum Gasteiger partial charge on any atom is 0.273 e. The first-order valence-corrected chi connectivity index (χ1v) is 11.2. The fraction of sp³-hybridized carbons (Fsp3) is 0.292. The standard InChI is InChI=1S/C24H25N3O3S/c1-17-4-3-5-19(14-17)15-30-21-8-6-20(7-9-21)23-25-22(16-31-23)24(29)27-12-10-26(11-13-27)18(2)28/h3-9,14,16H,10-13,15H2,1-2H3. The Morgan fingerprint density at radius 3 is 2.42 bits per heavy atom. The van der Waals surface area contributed by atoms with Crippen LogP contribution in [-0.2, 0) is 11.4 Å². The summed E-state index contributed by atoms with van der Waals surface area (Å²) >= 11 is 1.45. The molecular formula is C24H25N3O3S. The molecule has 3 aromatic rings. The largest absolute Gasteiger partial charge is 0.489 e. The average molecular weight is 436 g/mol. The molecule has 4 rings (SSSR count). The molecule has 7 heteroatoms. The third-order valence-electron chi connectivity index (χ3n) is 5.32. The fourth-order valence-corrected chi connectivity index (χ4v) is 4.35. The lowest BCUT2D eigenvalue weighted by atomic mass is 10.1. The minimum absolute atomic E-state index is 0.0503. The summed E-state index contributed by atoms with van der Waals surface area (Å²) in [4.78, 5) is 32.3. The van der Waals surface area contributed by atoms with Gasteiger partial charge < -0.3 is 14.5 Å². The molecule has 0 radical (unpaired) electrons. The van der Waals surface area contributed by atoms with Gasteiger partial charge in [0, 0.05) is 44.0 Å². The van der Waals surface area contributed by atoms with E-state index in [1.165, 1.54) is 16.9 Å². The van der Waals surface area contributed by atoms with Crippen molar-refractivity contribution in [3.63, 3.8) is 0 Å². The van der Waals surface area contributed by atoms with Crippen molar-refractivity contribution in [2.24, 2.45) is 0 Å². The first-order chi connectivity index (χ1) is 15.0. The number of aryl methyl sites for hydroxylation is 1. The number of amides is 2. The zero-order chi connectivity index (χ0) is 21.8. The number of carbonyl (C=O) groups is 2. The first kappa shape index (κ1) is 21.1. The number of thiazole rings is 1. The van der Waals surface area contributed by atoms with Crippen LogP contribution in [0.1, 0.15) is 28.5 Å². The minimum Gasteiger partial charge on any atom is -0.489 e. The number of rotatable bonds is 5. The quantitative estimate of drug-likeness (QED) is 0.608. The molecule has 0 N–H and O–H groups in total. The molecule has 0 saturated carbocycles. The summed E-state index contributed by atoms with van der Waals surface area (Å²) in [6.45, 7) is 6.37. The maximum absolute atomic E-state index is 12.8. The van der Waals surface area contributed by atoms with Gasteiger partial charge in [-0.25, -0.2) is 4.98 Å². The molecule has 0 atom stereocenters. The van der Waals surface area contributed by atoms with E-state index >= 15 is 0 Å². The third kappa shape index (κ3) is 5.11. The van der Waals surface area contributed by atoms with Crippen LogP contribution in [0.15, 0.2) is 53.9 Å². The van der Waals surface area contributed by atoms with Gasteiger partial charge in [-0.05, 0) is 36.8 Å². The number of aromatic nitrogens is 1. The Hall–Kier alpha value is -3.19. The summed E-state index contributed by atoms with van der Waals surface area (Å²) in [5.41, 5.74) is 3.76. The molecule has 0 unspecified atom stereocenters. The van der Waals surface area contributed by atoms with Crippen LogP contribution in [0.2, 0.25) is 0 Å². The summed E-state index contributed by atoms with van der Waals surface area (Å²) in [6.07, 6.45) is 0. The highest BCUT2D eigenvalue weighted by molar-refractivity contribution is 7.13.